The van der Waals surface area contributed by atoms with Gasteiger partial charge in [-0.25, -0.2) is 0 Å². The van der Waals surface area contributed by atoms with E-state index >= 15 is 0 Å². The Morgan fingerprint density at radius 2 is 1.79 bits per heavy atom. The number of aromatic nitrogens is 2. The molecule has 29 heavy (non-hydrogen) atoms. The van der Waals surface area contributed by atoms with Gasteiger partial charge >= 0.3 is 6.01 Å². The van der Waals surface area contributed by atoms with Crippen molar-refractivity contribution in [2.45, 2.75) is 25.4 Å². The summed E-state index contributed by atoms with van der Waals surface area (Å²) < 4.78 is 16.0. The molecule has 1 fully saturated rings. The van der Waals surface area contributed by atoms with Crippen molar-refractivity contribution >= 4 is 6.01 Å². The Balaban J connectivity index is 1.33. The second kappa shape index (κ2) is 8.96. The minimum absolute atomic E-state index is 0.334. The second-order valence-corrected chi connectivity index (χ2v) is 7.17. The third-order valence-corrected chi connectivity index (χ3v) is 5.23. The summed E-state index contributed by atoms with van der Waals surface area (Å²) in [6, 6.07) is 17.0. The molecule has 1 aliphatic rings. The van der Waals surface area contributed by atoms with Crippen LogP contribution >= 0.6 is 0 Å². The fourth-order valence-electron chi connectivity index (χ4n) is 3.63. The number of anilines is 1. The van der Waals surface area contributed by atoms with Crippen molar-refractivity contribution in [1.29, 1.82) is 0 Å². The van der Waals surface area contributed by atoms with Gasteiger partial charge in [-0.05, 0) is 36.6 Å². The van der Waals surface area contributed by atoms with Gasteiger partial charge in [0, 0.05) is 31.2 Å². The second-order valence-electron chi connectivity index (χ2n) is 7.17. The van der Waals surface area contributed by atoms with Crippen LogP contribution in [0.5, 0.6) is 11.5 Å². The Kier molecular flexibility index (Phi) is 5.95. The van der Waals surface area contributed by atoms with Crippen LogP contribution in [0.1, 0.15) is 18.4 Å². The molecule has 1 aromatic heterocycles. The van der Waals surface area contributed by atoms with Gasteiger partial charge in [-0.2, -0.15) is 4.98 Å². The summed E-state index contributed by atoms with van der Waals surface area (Å²) in [5.41, 5.74) is 2.17. The summed E-state index contributed by atoms with van der Waals surface area (Å²) >= 11 is 0. The summed E-state index contributed by atoms with van der Waals surface area (Å²) in [4.78, 5) is 6.98. The zero-order valence-corrected chi connectivity index (χ0v) is 16.8. The molecule has 2 heterocycles. The van der Waals surface area contributed by atoms with Crippen LogP contribution in [0, 0.1) is 0 Å². The van der Waals surface area contributed by atoms with E-state index in [9.17, 15) is 0 Å². The number of methoxy groups -OCH3 is 2. The Hall–Kier alpha value is -3.06. The summed E-state index contributed by atoms with van der Waals surface area (Å²) in [7, 11) is 3.22. The van der Waals surface area contributed by atoms with Crippen LogP contribution in [-0.4, -0.2) is 48.4 Å². The Bertz CT molecular complexity index is 921. The topological polar surface area (TPSA) is 72.7 Å². The lowest BCUT2D eigenvalue weighted by atomic mass is 10.0. The Morgan fingerprint density at radius 3 is 2.52 bits per heavy atom. The monoisotopic (exact) mass is 394 g/mol. The number of rotatable bonds is 7. The molecule has 0 saturated carbocycles. The van der Waals surface area contributed by atoms with E-state index in [1.54, 1.807) is 14.2 Å². The van der Waals surface area contributed by atoms with Gasteiger partial charge in [-0.3, -0.25) is 4.90 Å². The van der Waals surface area contributed by atoms with Gasteiger partial charge in [0.15, 0.2) is 11.5 Å². The molecular weight excluding hydrogens is 368 g/mol. The fraction of sp³-hybridized carbons (Fsp3) is 0.364. The summed E-state index contributed by atoms with van der Waals surface area (Å²) in [6.45, 7) is 3.09. The number of likely N-dealkylation sites (tertiary alicyclic amines) is 1. The SMILES string of the molecule is COc1ccc(-c2noc(NC3CCN(Cc4ccccc4)CC3)n2)cc1OC. The third kappa shape index (κ3) is 4.68. The van der Waals surface area contributed by atoms with E-state index in [4.69, 9.17) is 14.0 Å². The fourth-order valence-corrected chi connectivity index (χ4v) is 3.63. The quantitative estimate of drug-likeness (QED) is 0.653. The summed E-state index contributed by atoms with van der Waals surface area (Å²) in [5.74, 6) is 1.82. The van der Waals surface area contributed by atoms with E-state index in [1.807, 2.05) is 18.2 Å². The molecule has 1 N–H and O–H groups in total. The molecular formula is C22H26N4O3. The van der Waals surface area contributed by atoms with Gasteiger partial charge in [-0.1, -0.05) is 35.5 Å². The lowest BCUT2D eigenvalue weighted by molar-refractivity contribution is 0.210. The van der Waals surface area contributed by atoms with Gasteiger partial charge in [0.1, 0.15) is 0 Å². The highest BCUT2D eigenvalue weighted by Crippen LogP contribution is 2.31. The van der Waals surface area contributed by atoms with Crippen molar-refractivity contribution in [3.05, 3.63) is 54.1 Å². The Labute approximate surface area is 170 Å². The normalized spacial score (nSPS) is 15.2. The maximum absolute atomic E-state index is 5.42. The molecule has 2 aromatic carbocycles. The number of hydrogen-bond acceptors (Lipinski definition) is 7. The molecule has 0 bridgehead atoms. The van der Waals surface area contributed by atoms with Crippen molar-refractivity contribution in [3.8, 4) is 22.9 Å². The molecule has 1 aliphatic heterocycles. The van der Waals surface area contributed by atoms with Crippen LogP contribution in [0.25, 0.3) is 11.4 Å². The molecule has 7 heteroatoms. The molecule has 0 spiro atoms. The molecule has 152 valence electrons. The number of hydrogen-bond donors (Lipinski definition) is 1. The minimum atomic E-state index is 0.334. The first-order chi connectivity index (χ1) is 14.2. The van der Waals surface area contributed by atoms with Crippen molar-refractivity contribution in [2.24, 2.45) is 0 Å². The summed E-state index contributed by atoms with van der Waals surface area (Å²) in [6.07, 6.45) is 2.09. The van der Waals surface area contributed by atoms with Gasteiger partial charge in [0.05, 0.1) is 14.2 Å². The maximum atomic E-state index is 5.42. The number of nitrogens with zero attached hydrogens (tertiary/aromatic N) is 3. The van der Waals surface area contributed by atoms with Crippen LogP contribution in [0.2, 0.25) is 0 Å². The minimum Gasteiger partial charge on any atom is -0.493 e. The molecule has 3 aromatic rings. The molecule has 0 radical (unpaired) electrons. The van der Waals surface area contributed by atoms with Crippen molar-refractivity contribution < 1.29 is 14.0 Å². The average molecular weight is 394 g/mol. The largest absolute Gasteiger partial charge is 0.493 e. The molecule has 0 atom stereocenters. The van der Waals surface area contributed by atoms with E-state index in [-0.39, 0.29) is 0 Å². The lowest BCUT2D eigenvalue weighted by Gasteiger charge is -2.31. The zero-order valence-electron chi connectivity index (χ0n) is 16.8. The lowest BCUT2D eigenvalue weighted by Crippen LogP contribution is -2.38. The highest BCUT2D eigenvalue weighted by atomic mass is 16.5. The molecule has 0 amide bonds. The van der Waals surface area contributed by atoms with Gasteiger partial charge in [0.25, 0.3) is 0 Å². The van der Waals surface area contributed by atoms with Gasteiger partial charge in [-0.15, -0.1) is 0 Å². The molecule has 0 aliphatic carbocycles. The highest BCUT2D eigenvalue weighted by molar-refractivity contribution is 5.61. The van der Waals surface area contributed by atoms with E-state index in [2.05, 4.69) is 50.7 Å². The first kappa shape index (κ1) is 19.3. The van der Waals surface area contributed by atoms with Gasteiger partial charge < -0.3 is 19.3 Å². The third-order valence-electron chi connectivity index (χ3n) is 5.23. The van der Waals surface area contributed by atoms with Crippen LogP contribution < -0.4 is 14.8 Å². The number of ether oxygens (including phenoxy) is 2. The standard InChI is InChI=1S/C22H26N4O3/c1-27-19-9-8-17(14-20(19)28-2)21-24-22(29-25-21)23-18-10-12-26(13-11-18)15-16-6-4-3-5-7-16/h3-9,14,18H,10-13,15H2,1-2H3,(H,23,24,25). The molecule has 0 unspecified atom stereocenters. The summed E-state index contributed by atoms with van der Waals surface area (Å²) in [5, 5.41) is 7.48. The van der Waals surface area contributed by atoms with Crippen LogP contribution in [0.15, 0.2) is 53.1 Å². The predicted molar refractivity (Wildman–Crippen MR) is 111 cm³/mol. The highest BCUT2D eigenvalue weighted by Gasteiger charge is 2.21. The zero-order chi connectivity index (χ0) is 20.1. The Morgan fingerprint density at radius 1 is 1.03 bits per heavy atom. The number of benzene rings is 2. The van der Waals surface area contributed by atoms with Crippen LogP contribution in [0.3, 0.4) is 0 Å². The van der Waals surface area contributed by atoms with Crippen LogP contribution in [-0.2, 0) is 6.54 Å². The first-order valence-electron chi connectivity index (χ1n) is 9.84. The van der Waals surface area contributed by atoms with E-state index < -0.39 is 0 Å². The average Bonchev–Trinajstić information content (AvgIpc) is 3.24. The number of piperidine rings is 1. The van der Waals surface area contributed by atoms with E-state index in [0.29, 0.717) is 29.4 Å². The van der Waals surface area contributed by atoms with Crippen molar-refractivity contribution in [1.82, 2.24) is 15.0 Å². The first-order valence-corrected chi connectivity index (χ1v) is 9.84. The van der Waals surface area contributed by atoms with Crippen molar-refractivity contribution in [2.75, 3.05) is 32.6 Å². The smallest absolute Gasteiger partial charge is 0.322 e. The van der Waals surface area contributed by atoms with E-state index in [1.165, 1.54) is 5.56 Å². The molecule has 7 nitrogen and oxygen atoms in total. The van der Waals surface area contributed by atoms with Crippen LogP contribution in [0.4, 0.5) is 6.01 Å². The van der Waals surface area contributed by atoms with Gasteiger partial charge in [0.2, 0.25) is 5.82 Å². The number of nitrogens with one attached hydrogen (secondary N) is 1. The molecule has 4 rings (SSSR count). The van der Waals surface area contributed by atoms with Crippen molar-refractivity contribution in [3.63, 3.8) is 0 Å². The predicted octanol–water partition coefficient (Wildman–Crippen LogP) is 3.83. The van der Waals surface area contributed by atoms with E-state index in [0.717, 1.165) is 38.0 Å². The maximum Gasteiger partial charge on any atom is 0.322 e. The molecule has 1 saturated heterocycles.